The number of unbranched alkanes of at least 4 members (excludes halogenated alkanes) is 3. The predicted molar refractivity (Wildman–Crippen MR) is 103 cm³/mol. The third-order valence-corrected chi connectivity index (χ3v) is 4.99. The van der Waals surface area contributed by atoms with E-state index in [1.165, 1.54) is 47.4 Å². The Kier molecular flexibility index (Phi) is 7.96. The summed E-state index contributed by atoms with van der Waals surface area (Å²) in [5.74, 6) is 0.939. The molecule has 0 atom stereocenters. The molecule has 0 fully saturated rings. The molecule has 2 heteroatoms. The molecule has 0 unspecified atom stereocenters. The van der Waals surface area contributed by atoms with Gasteiger partial charge < -0.3 is 4.74 Å². The number of ether oxygens (including phenoxy) is 1. The van der Waals surface area contributed by atoms with Gasteiger partial charge >= 0.3 is 0 Å². The first kappa shape index (κ1) is 17.8. The second kappa shape index (κ2) is 10.3. The number of benzene rings is 1. The van der Waals surface area contributed by atoms with E-state index in [1.54, 1.807) is 0 Å². The summed E-state index contributed by atoms with van der Waals surface area (Å²) >= 11 is 1.92. The molecule has 0 radical (unpaired) electrons. The lowest BCUT2D eigenvalue weighted by Gasteiger charge is -2.04. The molecular weight excluding hydrogens is 300 g/mol. The zero-order valence-corrected chi connectivity index (χ0v) is 15.2. The lowest BCUT2D eigenvalue weighted by Crippen LogP contribution is -1.92. The Balaban J connectivity index is 1.86. The van der Waals surface area contributed by atoms with Crippen LogP contribution in [-0.4, -0.2) is 6.61 Å². The topological polar surface area (TPSA) is 9.23 Å². The molecule has 0 N–H and O–H groups in total. The largest absolute Gasteiger partial charge is 0.490 e. The molecule has 1 nitrogen and oxygen atoms in total. The highest BCUT2D eigenvalue weighted by atomic mass is 32.1. The Hall–Kier alpha value is -1.54. The van der Waals surface area contributed by atoms with Crippen molar-refractivity contribution in [2.75, 3.05) is 6.61 Å². The normalized spacial score (nSPS) is 11.2. The fourth-order valence-electron chi connectivity index (χ4n) is 2.43. The van der Waals surface area contributed by atoms with Gasteiger partial charge in [-0.2, -0.15) is 0 Å². The average molecular weight is 329 g/mol. The minimum atomic E-state index is 0.653. The lowest BCUT2D eigenvalue weighted by molar-refractivity contribution is 0.362. The number of aryl methyl sites for hydroxylation is 1. The molecule has 0 spiro atoms. The maximum absolute atomic E-state index is 5.73. The summed E-state index contributed by atoms with van der Waals surface area (Å²) in [6, 6.07) is 13.0. The smallest absolute Gasteiger partial charge is 0.119 e. The summed E-state index contributed by atoms with van der Waals surface area (Å²) in [5.41, 5.74) is 1.28. The molecule has 23 heavy (non-hydrogen) atoms. The van der Waals surface area contributed by atoms with E-state index in [9.17, 15) is 0 Å². The highest BCUT2D eigenvalue weighted by Gasteiger charge is 2.03. The fourth-order valence-corrected chi connectivity index (χ4v) is 3.48. The van der Waals surface area contributed by atoms with E-state index >= 15 is 0 Å². The van der Waals surface area contributed by atoms with Crippen molar-refractivity contribution in [1.29, 1.82) is 0 Å². The number of thiophene rings is 1. The Morgan fingerprint density at radius 3 is 2.48 bits per heavy atom. The SMILES string of the molecule is CCC/C=C/COc1ccc(-c2ccc(CCCCC)s2)cc1. The third-order valence-electron chi connectivity index (χ3n) is 3.80. The van der Waals surface area contributed by atoms with Crippen LogP contribution in [0.3, 0.4) is 0 Å². The van der Waals surface area contributed by atoms with Crippen LogP contribution in [0.4, 0.5) is 0 Å². The third kappa shape index (κ3) is 6.23. The minimum Gasteiger partial charge on any atom is -0.490 e. The second-order valence-electron chi connectivity index (χ2n) is 5.82. The molecular formula is C21H28OS. The highest BCUT2D eigenvalue weighted by Crippen LogP contribution is 2.30. The number of hydrogen-bond acceptors (Lipinski definition) is 2. The van der Waals surface area contributed by atoms with Crippen LogP contribution in [0.5, 0.6) is 5.75 Å². The van der Waals surface area contributed by atoms with E-state index in [-0.39, 0.29) is 0 Å². The van der Waals surface area contributed by atoms with Crippen molar-refractivity contribution >= 4 is 11.3 Å². The number of rotatable bonds is 10. The van der Waals surface area contributed by atoms with Crippen molar-refractivity contribution in [3.63, 3.8) is 0 Å². The number of allylic oxidation sites excluding steroid dienone is 1. The fraction of sp³-hybridized carbons (Fsp3) is 0.429. The van der Waals surface area contributed by atoms with Crippen molar-refractivity contribution in [1.82, 2.24) is 0 Å². The monoisotopic (exact) mass is 328 g/mol. The zero-order valence-electron chi connectivity index (χ0n) is 14.4. The van der Waals surface area contributed by atoms with Gasteiger partial charge in [0.15, 0.2) is 0 Å². The van der Waals surface area contributed by atoms with E-state index in [1.807, 2.05) is 11.3 Å². The molecule has 0 amide bonds. The van der Waals surface area contributed by atoms with E-state index in [0.29, 0.717) is 6.61 Å². The quantitative estimate of drug-likeness (QED) is 0.341. The van der Waals surface area contributed by atoms with Gasteiger partial charge in [-0.05, 0) is 61.2 Å². The molecule has 0 aliphatic carbocycles. The second-order valence-corrected chi connectivity index (χ2v) is 6.99. The van der Waals surface area contributed by atoms with Gasteiger partial charge in [-0.1, -0.05) is 45.3 Å². The van der Waals surface area contributed by atoms with E-state index in [0.717, 1.165) is 12.2 Å². The van der Waals surface area contributed by atoms with Crippen LogP contribution in [0.2, 0.25) is 0 Å². The molecule has 2 rings (SSSR count). The summed E-state index contributed by atoms with van der Waals surface area (Å²) < 4.78 is 5.73. The molecule has 0 saturated heterocycles. The van der Waals surface area contributed by atoms with Gasteiger partial charge in [0.05, 0.1) is 0 Å². The Morgan fingerprint density at radius 2 is 1.74 bits per heavy atom. The Bertz CT molecular complexity index is 580. The van der Waals surface area contributed by atoms with Gasteiger partial charge in [-0.15, -0.1) is 11.3 Å². The van der Waals surface area contributed by atoms with Crippen molar-refractivity contribution < 1.29 is 4.74 Å². The standard InChI is InChI=1S/C21H28OS/c1-3-5-7-9-17-22-19-13-11-18(12-14-19)21-16-15-20(23-21)10-8-6-4-2/h7,9,11-16H,3-6,8,10,17H2,1-2H3/b9-7+. The predicted octanol–water partition coefficient (Wildman–Crippen LogP) is 6.88. The van der Waals surface area contributed by atoms with Crippen LogP contribution in [-0.2, 0) is 6.42 Å². The van der Waals surface area contributed by atoms with Gasteiger partial charge in [-0.25, -0.2) is 0 Å². The van der Waals surface area contributed by atoms with Gasteiger partial charge in [0.1, 0.15) is 12.4 Å². The summed E-state index contributed by atoms with van der Waals surface area (Å²) in [5, 5.41) is 0. The van der Waals surface area contributed by atoms with Crippen molar-refractivity contribution in [3.8, 4) is 16.2 Å². The zero-order chi connectivity index (χ0) is 16.3. The van der Waals surface area contributed by atoms with Crippen molar-refractivity contribution in [2.45, 2.75) is 52.4 Å². The van der Waals surface area contributed by atoms with Crippen LogP contribution >= 0.6 is 11.3 Å². The van der Waals surface area contributed by atoms with Gasteiger partial charge in [0.2, 0.25) is 0 Å². The van der Waals surface area contributed by atoms with Crippen LogP contribution < -0.4 is 4.74 Å². The molecule has 1 aromatic carbocycles. The first-order valence-corrected chi connectivity index (χ1v) is 9.62. The van der Waals surface area contributed by atoms with Gasteiger partial charge in [0, 0.05) is 9.75 Å². The summed E-state index contributed by atoms with van der Waals surface area (Å²) in [7, 11) is 0. The van der Waals surface area contributed by atoms with E-state index in [2.05, 4.69) is 62.4 Å². The van der Waals surface area contributed by atoms with Crippen molar-refractivity contribution in [2.24, 2.45) is 0 Å². The Morgan fingerprint density at radius 1 is 0.913 bits per heavy atom. The first-order valence-electron chi connectivity index (χ1n) is 8.80. The maximum atomic E-state index is 5.73. The van der Waals surface area contributed by atoms with E-state index in [4.69, 9.17) is 4.74 Å². The lowest BCUT2D eigenvalue weighted by atomic mass is 10.1. The molecule has 1 aromatic heterocycles. The van der Waals surface area contributed by atoms with Gasteiger partial charge in [0.25, 0.3) is 0 Å². The molecule has 2 aromatic rings. The molecule has 0 bridgehead atoms. The molecule has 124 valence electrons. The summed E-state index contributed by atoms with van der Waals surface area (Å²) in [6.45, 7) is 5.09. The molecule has 1 heterocycles. The van der Waals surface area contributed by atoms with Crippen molar-refractivity contribution in [3.05, 3.63) is 53.4 Å². The molecule has 0 aliphatic rings. The highest BCUT2D eigenvalue weighted by molar-refractivity contribution is 7.15. The van der Waals surface area contributed by atoms with Crippen LogP contribution in [0, 0.1) is 0 Å². The Labute approximate surface area is 145 Å². The van der Waals surface area contributed by atoms with E-state index < -0.39 is 0 Å². The maximum Gasteiger partial charge on any atom is 0.119 e. The van der Waals surface area contributed by atoms with Crippen LogP contribution in [0.1, 0.15) is 50.8 Å². The minimum absolute atomic E-state index is 0.653. The van der Waals surface area contributed by atoms with Gasteiger partial charge in [-0.3, -0.25) is 0 Å². The first-order chi connectivity index (χ1) is 11.3. The molecule has 0 saturated carbocycles. The van der Waals surface area contributed by atoms with Crippen LogP contribution in [0.25, 0.3) is 10.4 Å². The van der Waals surface area contributed by atoms with Crippen LogP contribution in [0.15, 0.2) is 48.6 Å². The molecule has 0 aliphatic heterocycles. The summed E-state index contributed by atoms with van der Waals surface area (Å²) in [4.78, 5) is 2.85. The summed E-state index contributed by atoms with van der Waals surface area (Å²) in [6.07, 6.45) is 11.7. The number of hydrogen-bond donors (Lipinski definition) is 0. The average Bonchev–Trinajstić information content (AvgIpc) is 3.04.